The van der Waals surface area contributed by atoms with Crippen molar-refractivity contribution in [2.75, 3.05) is 7.11 Å². The third kappa shape index (κ3) is 2.17. The Labute approximate surface area is 84.0 Å². The molecule has 0 radical (unpaired) electrons. The van der Waals surface area contributed by atoms with Crippen molar-refractivity contribution < 1.29 is 14.9 Å². The van der Waals surface area contributed by atoms with Gasteiger partial charge in [-0.3, -0.25) is 0 Å². The number of hydrogen-bond donors (Lipinski definition) is 2. The largest absolute Gasteiger partial charge is 0.507 e. The van der Waals surface area contributed by atoms with Gasteiger partial charge in [-0.25, -0.2) is 0 Å². The van der Waals surface area contributed by atoms with Gasteiger partial charge in [-0.05, 0) is 25.5 Å². The summed E-state index contributed by atoms with van der Waals surface area (Å²) in [6, 6.07) is 3.57. The molecule has 1 atom stereocenters. The first-order chi connectivity index (χ1) is 6.56. The number of ether oxygens (including phenoxy) is 1. The molecule has 0 saturated heterocycles. The van der Waals surface area contributed by atoms with E-state index in [2.05, 4.69) is 0 Å². The van der Waals surface area contributed by atoms with Gasteiger partial charge >= 0.3 is 0 Å². The second-order valence-corrected chi connectivity index (χ2v) is 3.45. The lowest BCUT2D eigenvalue weighted by Gasteiger charge is -2.11. The molecular weight excluding hydrogens is 180 g/mol. The van der Waals surface area contributed by atoms with Gasteiger partial charge in [0.2, 0.25) is 0 Å². The number of methoxy groups -OCH3 is 1. The van der Waals surface area contributed by atoms with Gasteiger partial charge in [0.05, 0.1) is 13.2 Å². The lowest BCUT2D eigenvalue weighted by atomic mass is 10.0. The summed E-state index contributed by atoms with van der Waals surface area (Å²) in [7, 11) is 1.57. The Morgan fingerprint density at radius 1 is 1.43 bits per heavy atom. The molecule has 0 aromatic heterocycles. The molecule has 0 fully saturated rings. The predicted molar refractivity (Wildman–Crippen MR) is 54.8 cm³/mol. The number of rotatable bonds is 3. The Bertz CT molecular complexity index is 319. The van der Waals surface area contributed by atoms with Crippen molar-refractivity contribution in [2.24, 2.45) is 0 Å². The first-order valence-corrected chi connectivity index (χ1v) is 4.59. The van der Waals surface area contributed by atoms with Crippen LogP contribution < -0.4 is 4.74 Å². The molecule has 1 unspecified atom stereocenters. The summed E-state index contributed by atoms with van der Waals surface area (Å²) in [6.07, 6.45) is 0.00474. The Morgan fingerprint density at radius 3 is 2.57 bits per heavy atom. The highest BCUT2D eigenvalue weighted by Gasteiger charge is 2.10. The fraction of sp³-hybridized carbons (Fsp3) is 0.455. The molecule has 0 heterocycles. The van der Waals surface area contributed by atoms with E-state index in [1.165, 1.54) is 0 Å². The predicted octanol–water partition coefficient (Wildman–Crippen LogP) is 1.63. The van der Waals surface area contributed by atoms with E-state index < -0.39 is 6.10 Å². The quantitative estimate of drug-likeness (QED) is 0.772. The van der Waals surface area contributed by atoms with Gasteiger partial charge in [-0.2, -0.15) is 0 Å². The SMILES string of the molecule is COc1ccc(CC(C)O)c(O)c1C. The van der Waals surface area contributed by atoms with E-state index in [1.807, 2.05) is 0 Å². The topological polar surface area (TPSA) is 49.7 Å². The van der Waals surface area contributed by atoms with Crippen LogP contribution in [0, 0.1) is 6.92 Å². The van der Waals surface area contributed by atoms with Crippen molar-refractivity contribution in [2.45, 2.75) is 26.4 Å². The summed E-state index contributed by atoms with van der Waals surface area (Å²) >= 11 is 0. The van der Waals surface area contributed by atoms with E-state index in [0.29, 0.717) is 17.7 Å². The van der Waals surface area contributed by atoms with Gasteiger partial charge in [0.1, 0.15) is 11.5 Å². The van der Waals surface area contributed by atoms with Crippen molar-refractivity contribution in [1.82, 2.24) is 0 Å². The standard InChI is InChI=1S/C11H16O3/c1-7(12)6-9-4-5-10(14-3)8(2)11(9)13/h4-5,7,12-13H,6H2,1-3H3. The molecular formula is C11H16O3. The monoisotopic (exact) mass is 196 g/mol. The van der Waals surface area contributed by atoms with Gasteiger partial charge in [-0.1, -0.05) is 6.07 Å². The average Bonchev–Trinajstić information content (AvgIpc) is 2.13. The number of phenols is 1. The van der Waals surface area contributed by atoms with Crippen molar-refractivity contribution in [1.29, 1.82) is 0 Å². The molecule has 0 spiro atoms. The van der Waals surface area contributed by atoms with Crippen LogP contribution >= 0.6 is 0 Å². The zero-order chi connectivity index (χ0) is 10.7. The Morgan fingerprint density at radius 2 is 2.07 bits per heavy atom. The van der Waals surface area contributed by atoms with Crippen LogP contribution in [-0.2, 0) is 6.42 Å². The lowest BCUT2D eigenvalue weighted by Crippen LogP contribution is -2.05. The van der Waals surface area contributed by atoms with E-state index in [1.54, 1.807) is 33.1 Å². The molecule has 2 N–H and O–H groups in total. The minimum absolute atomic E-state index is 0.213. The van der Waals surface area contributed by atoms with Gasteiger partial charge in [0.25, 0.3) is 0 Å². The van der Waals surface area contributed by atoms with Gasteiger partial charge in [-0.15, -0.1) is 0 Å². The molecule has 0 aliphatic rings. The molecule has 0 amide bonds. The highest BCUT2D eigenvalue weighted by atomic mass is 16.5. The number of aliphatic hydroxyl groups excluding tert-OH is 1. The minimum Gasteiger partial charge on any atom is -0.507 e. The van der Waals surface area contributed by atoms with Gasteiger partial charge in [0, 0.05) is 12.0 Å². The van der Waals surface area contributed by atoms with Crippen molar-refractivity contribution in [3.05, 3.63) is 23.3 Å². The molecule has 0 bridgehead atoms. The third-order valence-corrected chi connectivity index (χ3v) is 2.20. The fourth-order valence-electron chi connectivity index (χ4n) is 1.44. The maximum Gasteiger partial charge on any atom is 0.125 e. The molecule has 0 saturated carbocycles. The fourth-order valence-corrected chi connectivity index (χ4v) is 1.44. The van der Waals surface area contributed by atoms with Crippen LogP contribution in [0.2, 0.25) is 0 Å². The third-order valence-electron chi connectivity index (χ3n) is 2.20. The van der Waals surface area contributed by atoms with Crippen LogP contribution in [0.5, 0.6) is 11.5 Å². The molecule has 0 aliphatic heterocycles. The number of phenolic OH excluding ortho intramolecular Hbond substituents is 1. The summed E-state index contributed by atoms with van der Waals surface area (Å²) in [4.78, 5) is 0. The number of aliphatic hydroxyl groups is 1. The van der Waals surface area contributed by atoms with Crippen LogP contribution in [0.1, 0.15) is 18.1 Å². The molecule has 1 rings (SSSR count). The minimum atomic E-state index is -0.450. The van der Waals surface area contributed by atoms with Crippen LogP contribution in [0.25, 0.3) is 0 Å². The first kappa shape index (κ1) is 10.9. The Hall–Kier alpha value is -1.22. The van der Waals surface area contributed by atoms with Crippen molar-refractivity contribution >= 4 is 0 Å². The summed E-state index contributed by atoms with van der Waals surface area (Å²) in [5.74, 6) is 0.877. The van der Waals surface area contributed by atoms with Crippen LogP contribution in [0.4, 0.5) is 0 Å². The lowest BCUT2D eigenvalue weighted by molar-refractivity contribution is 0.194. The van der Waals surface area contributed by atoms with Gasteiger partial charge < -0.3 is 14.9 Å². The molecule has 14 heavy (non-hydrogen) atoms. The highest BCUT2D eigenvalue weighted by molar-refractivity contribution is 5.48. The average molecular weight is 196 g/mol. The summed E-state index contributed by atoms with van der Waals surface area (Å²) in [6.45, 7) is 3.48. The Kier molecular flexibility index (Phi) is 3.36. The second-order valence-electron chi connectivity index (χ2n) is 3.45. The number of aromatic hydroxyl groups is 1. The number of hydrogen-bond acceptors (Lipinski definition) is 3. The second kappa shape index (κ2) is 4.33. The highest BCUT2D eigenvalue weighted by Crippen LogP contribution is 2.30. The normalized spacial score (nSPS) is 12.6. The van der Waals surface area contributed by atoms with E-state index in [0.717, 1.165) is 5.56 Å². The first-order valence-electron chi connectivity index (χ1n) is 4.59. The number of benzene rings is 1. The smallest absolute Gasteiger partial charge is 0.125 e. The maximum atomic E-state index is 9.77. The molecule has 3 heteroatoms. The van der Waals surface area contributed by atoms with Crippen LogP contribution in [-0.4, -0.2) is 23.4 Å². The van der Waals surface area contributed by atoms with Crippen molar-refractivity contribution in [3.63, 3.8) is 0 Å². The summed E-state index contributed by atoms with van der Waals surface area (Å²) < 4.78 is 5.06. The zero-order valence-electron chi connectivity index (χ0n) is 8.74. The van der Waals surface area contributed by atoms with Crippen molar-refractivity contribution in [3.8, 4) is 11.5 Å². The summed E-state index contributed by atoms with van der Waals surface area (Å²) in [5.41, 5.74) is 1.46. The summed E-state index contributed by atoms with van der Waals surface area (Å²) in [5, 5.41) is 19.0. The van der Waals surface area contributed by atoms with E-state index >= 15 is 0 Å². The molecule has 3 nitrogen and oxygen atoms in total. The van der Waals surface area contributed by atoms with E-state index in [9.17, 15) is 10.2 Å². The Balaban J connectivity index is 3.04. The van der Waals surface area contributed by atoms with Gasteiger partial charge in [0.15, 0.2) is 0 Å². The van der Waals surface area contributed by atoms with E-state index in [-0.39, 0.29) is 5.75 Å². The molecule has 1 aromatic rings. The molecule has 1 aromatic carbocycles. The molecule has 0 aliphatic carbocycles. The van der Waals surface area contributed by atoms with Crippen LogP contribution in [0.3, 0.4) is 0 Å². The molecule has 78 valence electrons. The zero-order valence-corrected chi connectivity index (χ0v) is 8.74. The maximum absolute atomic E-state index is 9.77. The van der Waals surface area contributed by atoms with Crippen LogP contribution in [0.15, 0.2) is 12.1 Å². The van der Waals surface area contributed by atoms with E-state index in [4.69, 9.17) is 4.74 Å².